The molecule has 1 aliphatic heterocycles. The van der Waals surface area contributed by atoms with Gasteiger partial charge in [-0.1, -0.05) is 13.8 Å². The van der Waals surface area contributed by atoms with E-state index in [1.807, 2.05) is 7.05 Å². The first-order valence-electron chi connectivity index (χ1n) is 7.43. The van der Waals surface area contributed by atoms with Gasteiger partial charge in [0.15, 0.2) is 0 Å². The summed E-state index contributed by atoms with van der Waals surface area (Å²) in [5, 5.41) is 3.86. The lowest BCUT2D eigenvalue weighted by molar-refractivity contribution is 0.113. The molecule has 8 nitrogen and oxygen atoms in total. The number of aromatic nitrogens is 2. The number of likely N-dealkylation sites (N-methyl/N-ethyl adjacent to an activating group) is 1. The van der Waals surface area contributed by atoms with E-state index in [0.29, 0.717) is 25.6 Å². The standard InChI is InChI=1S/C13H24N4O4S/c1-10(2)12-9-16(6-5-15(12)4)22(19,20)8-7-17-13(18)21-11(3)14-17/h10,12H,5-9H2,1-4H3/t12-/m1/s1. The van der Waals surface area contributed by atoms with E-state index in [2.05, 4.69) is 23.8 Å². The first-order chi connectivity index (χ1) is 10.2. The molecule has 0 spiro atoms. The average molecular weight is 332 g/mol. The lowest BCUT2D eigenvalue weighted by atomic mass is 10.0. The fraction of sp³-hybridized carbons (Fsp3) is 0.846. The monoisotopic (exact) mass is 332 g/mol. The van der Waals surface area contributed by atoms with Gasteiger partial charge in [-0.25, -0.2) is 13.2 Å². The second kappa shape index (κ2) is 6.51. The number of nitrogens with zero attached hydrogens (tertiary/aromatic N) is 4. The third-order valence-corrected chi connectivity index (χ3v) is 5.91. The van der Waals surface area contributed by atoms with Gasteiger partial charge in [0, 0.05) is 32.6 Å². The minimum Gasteiger partial charge on any atom is -0.393 e. The molecule has 1 aromatic rings. The molecule has 1 saturated heterocycles. The predicted molar refractivity (Wildman–Crippen MR) is 82.1 cm³/mol. The summed E-state index contributed by atoms with van der Waals surface area (Å²) < 4.78 is 32.3. The van der Waals surface area contributed by atoms with Crippen molar-refractivity contribution in [2.75, 3.05) is 32.4 Å². The van der Waals surface area contributed by atoms with Crippen molar-refractivity contribution in [2.45, 2.75) is 33.4 Å². The number of hydrogen-bond acceptors (Lipinski definition) is 6. The van der Waals surface area contributed by atoms with Crippen LogP contribution in [0, 0.1) is 12.8 Å². The molecule has 0 saturated carbocycles. The van der Waals surface area contributed by atoms with Crippen LogP contribution in [0.4, 0.5) is 0 Å². The maximum Gasteiger partial charge on any atom is 0.437 e. The Labute approximate surface area is 130 Å². The predicted octanol–water partition coefficient (Wildman–Crippen LogP) is -0.253. The van der Waals surface area contributed by atoms with Gasteiger partial charge in [-0.3, -0.25) is 0 Å². The van der Waals surface area contributed by atoms with Crippen molar-refractivity contribution < 1.29 is 12.8 Å². The summed E-state index contributed by atoms with van der Waals surface area (Å²) in [4.78, 5) is 13.6. The van der Waals surface area contributed by atoms with Crippen LogP contribution < -0.4 is 5.76 Å². The maximum absolute atomic E-state index is 12.5. The third kappa shape index (κ3) is 3.76. The van der Waals surface area contributed by atoms with Crippen molar-refractivity contribution in [3.8, 4) is 0 Å². The molecule has 2 heterocycles. The highest BCUT2D eigenvalue weighted by Crippen LogP contribution is 2.18. The van der Waals surface area contributed by atoms with Gasteiger partial charge in [-0.05, 0) is 13.0 Å². The highest BCUT2D eigenvalue weighted by atomic mass is 32.2. The molecule has 126 valence electrons. The van der Waals surface area contributed by atoms with Crippen LogP contribution in [0.2, 0.25) is 0 Å². The van der Waals surface area contributed by atoms with Crippen LogP contribution >= 0.6 is 0 Å². The van der Waals surface area contributed by atoms with Gasteiger partial charge < -0.3 is 9.32 Å². The van der Waals surface area contributed by atoms with Crippen molar-refractivity contribution in [1.82, 2.24) is 19.0 Å². The molecule has 2 rings (SSSR count). The topological polar surface area (TPSA) is 88.7 Å². The van der Waals surface area contributed by atoms with Crippen molar-refractivity contribution in [2.24, 2.45) is 5.92 Å². The molecule has 22 heavy (non-hydrogen) atoms. The smallest absolute Gasteiger partial charge is 0.393 e. The summed E-state index contributed by atoms with van der Waals surface area (Å²) in [6.07, 6.45) is 0. The molecule has 1 aromatic heterocycles. The minimum atomic E-state index is -3.41. The number of rotatable bonds is 5. The molecule has 0 N–H and O–H groups in total. The molecule has 0 unspecified atom stereocenters. The molecule has 1 atom stereocenters. The van der Waals surface area contributed by atoms with Crippen LogP contribution in [0.3, 0.4) is 0 Å². The molecule has 9 heteroatoms. The minimum absolute atomic E-state index is 0.0111. The van der Waals surface area contributed by atoms with Gasteiger partial charge in [0.25, 0.3) is 0 Å². The molecule has 1 aliphatic rings. The average Bonchev–Trinajstić information content (AvgIpc) is 2.74. The Bertz CT molecular complexity index is 664. The van der Waals surface area contributed by atoms with Gasteiger partial charge >= 0.3 is 5.76 Å². The maximum atomic E-state index is 12.5. The van der Waals surface area contributed by atoms with E-state index in [-0.39, 0.29) is 24.2 Å². The highest BCUT2D eigenvalue weighted by molar-refractivity contribution is 7.89. The molecule has 0 aliphatic carbocycles. The molecular formula is C13H24N4O4S. The quantitative estimate of drug-likeness (QED) is 0.738. The largest absolute Gasteiger partial charge is 0.437 e. The van der Waals surface area contributed by atoms with E-state index in [0.717, 1.165) is 4.68 Å². The Hall–Kier alpha value is -1.19. The van der Waals surface area contributed by atoms with Crippen LogP contribution in [-0.2, 0) is 16.6 Å². The Morgan fingerprint density at radius 1 is 1.36 bits per heavy atom. The van der Waals surface area contributed by atoms with Crippen molar-refractivity contribution in [3.05, 3.63) is 16.4 Å². The second-order valence-electron chi connectivity index (χ2n) is 6.08. The van der Waals surface area contributed by atoms with Crippen LogP contribution in [0.15, 0.2) is 9.21 Å². The van der Waals surface area contributed by atoms with E-state index < -0.39 is 15.8 Å². The van der Waals surface area contributed by atoms with Gasteiger partial charge in [0.05, 0.1) is 12.3 Å². The Morgan fingerprint density at radius 2 is 2.05 bits per heavy atom. The normalized spacial score (nSPS) is 21.6. The Balaban J connectivity index is 2.04. The summed E-state index contributed by atoms with van der Waals surface area (Å²) in [5.41, 5.74) is 0. The molecule has 0 radical (unpaired) electrons. The zero-order valence-electron chi connectivity index (χ0n) is 13.5. The zero-order chi connectivity index (χ0) is 16.5. The fourth-order valence-electron chi connectivity index (χ4n) is 2.73. The summed E-state index contributed by atoms with van der Waals surface area (Å²) in [5.74, 6) is -0.148. The molecular weight excluding hydrogens is 308 g/mol. The molecule has 0 bridgehead atoms. The van der Waals surface area contributed by atoms with E-state index >= 15 is 0 Å². The SMILES string of the molecule is Cc1nn(CCS(=O)(=O)N2CCN(C)[C@@H](C(C)C)C2)c(=O)o1. The van der Waals surface area contributed by atoms with Crippen molar-refractivity contribution in [1.29, 1.82) is 0 Å². The van der Waals surface area contributed by atoms with E-state index in [1.54, 1.807) is 6.92 Å². The van der Waals surface area contributed by atoms with E-state index in [1.165, 1.54) is 4.31 Å². The van der Waals surface area contributed by atoms with Crippen molar-refractivity contribution >= 4 is 10.0 Å². The molecule has 1 fully saturated rings. The number of aryl methyl sites for hydroxylation is 2. The van der Waals surface area contributed by atoms with Gasteiger partial charge in [0.2, 0.25) is 15.9 Å². The third-order valence-electron chi connectivity index (χ3n) is 4.09. The Kier molecular flexibility index (Phi) is 5.08. The first-order valence-corrected chi connectivity index (χ1v) is 9.04. The van der Waals surface area contributed by atoms with E-state index in [9.17, 15) is 13.2 Å². The van der Waals surface area contributed by atoms with Gasteiger partial charge in [-0.15, -0.1) is 5.10 Å². The Morgan fingerprint density at radius 3 is 2.59 bits per heavy atom. The molecule has 0 aromatic carbocycles. The van der Waals surface area contributed by atoms with Crippen LogP contribution in [0.25, 0.3) is 0 Å². The fourth-order valence-corrected chi connectivity index (χ4v) is 4.13. The second-order valence-corrected chi connectivity index (χ2v) is 8.16. The number of sulfonamides is 1. The molecule has 0 amide bonds. The summed E-state index contributed by atoms with van der Waals surface area (Å²) in [7, 11) is -1.39. The summed E-state index contributed by atoms with van der Waals surface area (Å²) in [6, 6.07) is 0.209. The van der Waals surface area contributed by atoms with Crippen LogP contribution in [0.5, 0.6) is 0 Å². The summed E-state index contributed by atoms with van der Waals surface area (Å²) >= 11 is 0. The van der Waals surface area contributed by atoms with Gasteiger partial charge in [-0.2, -0.15) is 8.99 Å². The highest BCUT2D eigenvalue weighted by Gasteiger charge is 2.33. The van der Waals surface area contributed by atoms with Gasteiger partial charge in [0.1, 0.15) is 0 Å². The van der Waals surface area contributed by atoms with E-state index in [4.69, 9.17) is 4.42 Å². The van der Waals surface area contributed by atoms with Crippen LogP contribution in [0.1, 0.15) is 19.7 Å². The van der Waals surface area contributed by atoms with Crippen molar-refractivity contribution in [3.63, 3.8) is 0 Å². The number of piperazine rings is 1. The number of hydrogen-bond donors (Lipinski definition) is 0. The first kappa shape index (κ1) is 17.2. The lowest BCUT2D eigenvalue weighted by Crippen LogP contribution is -2.55. The lowest BCUT2D eigenvalue weighted by Gasteiger charge is -2.40. The zero-order valence-corrected chi connectivity index (χ0v) is 14.3. The van der Waals surface area contributed by atoms with Crippen LogP contribution in [-0.4, -0.2) is 65.9 Å². The summed E-state index contributed by atoms with van der Waals surface area (Å²) in [6.45, 7) is 7.43.